The van der Waals surface area contributed by atoms with Crippen LogP contribution < -0.4 is 10.6 Å². The molecule has 2 aliphatic rings. The molecule has 1 unspecified atom stereocenters. The Labute approximate surface area is 108 Å². The Hall–Kier alpha value is -0.700. The summed E-state index contributed by atoms with van der Waals surface area (Å²) in [7, 11) is -3.13. The third kappa shape index (κ3) is 3.19. The van der Waals surface area contributed by atoms with Gasteiger partial charge in [0, 0.05) is 45.8 Å². The summed E-state index contributed by atoms with van der Waals surface area (Å²) in [5.41, 5.74) is 0. The van der Waals surface area contributed by atoms with E-state index in [1.54, 1.807) is 4.90 Å². The highest BCUT2D eigenvalue weighted by Gasteiger charge is 2.30. The Bertz CT molecular complexity index is 397. The molecule has 8 heteroatoms. The number of hydrogen-bond donors (Lipinski definition) is 2. The lowest BCUT2D eigenvalue weighted by Gasteiger charge is -2.36. The van der Waals surface area contributed by atoms with Gasteiger partial charge in [-0.2, -0.15) is 4.31 Å². The molecule has 18 heavy (non-hydrogen) atoms. The lowest BCUT2D eigenvalue weighted by molar-refractivity contribution is -0.134. The van der Waals surface area contributed by atoms with Crippen LogP contribution in [0.2, 0.25) is 0 Å². The van der Waals surface area contributed by atoms with E-state index in [1.165, 1.54) is 10.6 Å². The van der Waals surface area contributed by atoms with Gasteiger partial charge in [-0.15, -0.1) is 0 Å². The number of piperazine rings is 2. The summed E-state index contributed by atoms with van der Waals surface area (Å²) in [6.07, 6.45) is 1.21. The number of nitrogens with one attached hydrogen (secondary N) is 2. The minimum absolute atomic E-state index is 0.0651. The summed E-state index contributed by atoms with van der Waals surface area (Å²) < 4.78 is 24.1. The van der Waals surface area contributed by atoms with Gasteiger partial charge in [0.1, 0.15) is 0 Å². The average Bonchev–Trinajstić information content (AvgIpc) is 2.38. The first-order valence-electron chi connectivity index (χ1n) is 6.16. The molecule has 7 nitrogen and oxygen atoms in total. The molecule has 2 heterocycles. The van der Waals surface area contributed by atoms with Gasteiger partial charge in [-0.05, 0) is 0 Å². The topological polar surface area (TPSA) is 81.8 Å². The first kappa shape index (κ1) is 13.7. The van der Waals surface area contributed by atoms with E-state index in [2.05, 4.69) is 10.6 Å². The maximum Gasteiger partial charge on any atom is 0.241 e. The van der Waals surface area contributed by atoms with Crippen molar-refractivity contribution in [3.8, 4) is 0 Å². The minimum Gasteiger partial charge on any atom is -0.339 e. The van der Waals surface area contributed by atoms with E-state index in [-0.39, 0.29) is 11.9 Å². The molecule has 0 aliphatic carbocycles. The molecule has 2 N–H and O–H groups in total. The van der Waals surface area contributed by atoms with Crippen molar-refractivity contribution in [2.45, 2.75) is 6.04 Å². The van der Waals surface area contributed by atoms with Crippen molar-refractivity contribution in [3.63, 3.8) is 0 Å². The fourth-order valence-electron chi connectivity index (χ4n) is 2.29. The van der Waals surface area contributed by atoms with E-state index in [1.807, 2.05) is 0 Å². The van der Waals surface area contributed by atoms with Gasteiger partial charge in [-0.25, -0.2) is 8.42 Å². The van der Waals surface area contributed by atoms with Crippen LogP contribution in [0.5, 0.6) is 0 Å². The normalized spacial score (nSPS) is 27.2. The maximum absolute atomic E-state index is 12.2. The predicted octanol–water partition coefficient (Wildman–Crippen LogP) is -2.35. The van der Waals surface area contributed by atoms with Crippen molar-refractivity contribution >= 4 is 15.9 Å². The van der Waals surface area contributed by atoms with Crippen molar-refractivity contribution in [2.24, 2.45) is 0 Å². The first-order chi connectivity index (χ1) is 8.48. The molecule has 0 aromatic heterocycles. The molecule has 0 spiro atoms. The van der Waals surface area contributed by atoms with Crippen LogP contribution in [0.15, 0.2) is 0 Å². The molecule has 1 atom stereocenters. The van der Waals surface area contributed by atoms with Crippen LogP contribution in [0.3, 0.4) is 0 Å². The fraction of sp³-hybridized carbons (Fsp3) is 0.900. The third-order valence-electron chi connectivity index (χ3n) is 3.36. The second-order valence-corrected chi connectivity index (χ2v) is 6.68. The zero-order valence-corrected chi connectivity index (χ0v) is 11.4. The lowest BCUT2D eigenvalue weighted by Crippen LogP contribution is -2.59. The number of sulfonamides is 1. The van der Waals surface area contributed by atoms with Crippen LogP contribution in [-0.2, 0) is 14.8 Å². The van der Waals surface area contributed by atoms with Crippen LogP contribution in [0, 0.1) is 0 Å². The summed E-state index contributed by atoms with van der Waals surface area (Å²) in [6.45, 7) is 4.06. The van der Waals surface area contributed by atoms with E-state index < -0.39 is 10.0 Å². The smallest absolute Gasteiger partial charge is 0.241 e. The molecule has 1 amide bonds. The monoisotopic (exact) mass is 276 g/mol. The van der Waals surface area contributed by atoms with E-state index >= 15 is 0 Å². The Balaban J connectivity index is 1.87. The third-order valence-corrected chi connectivity index (χ3v) is 4.66. The molecule has 2 fully saturated rings. The Morgan fingerprint density at radius 1 is 1.17 bits per heavy atom. The van der Waals surface area contributed by atoms with Crippen molar-refractivity contribution in [2.75, 3.05) is 52.1 Å². The molecular formula is C10H20N4O3S. The number of rotatable bonds is 2. The average molecular weight is 276 g/mol. The van der Waals surface area contributed by atoms with E-state index in [0.29, 0.717) is 32.7 Å². The Morgan fingerprint density at radius 3 is 2.33 bits per heavy atom. The maximum atomic E-state index is 12.2. The number of hydrogen-bond acceptors (Lipinski definition) is 5. The van der Waals surface area contributed by atoms with Gasteiger partial charge in [0.15, 0.2) is 0 Å². The van der Waals surface area contributed by atoms with Crippen molar-refractivity contribution in [3.05, 3.63) is 0 Å². The summed E-state index contributed by atoms with van der Waals surface area (Å²) in [6, 6.07) is -0.177. The summed E-state index contributed by atoms with van der Waals surface area (Å²) in [5.74, 6) is 0.0651. The van der Waals surface area contributed by atoms with E-state index in [0.717, 1.165) is 13.1 Å². The highest BCUT2D eigenvalue weighted by molar-refractivity contribution is 7.88. The number of amides is 1. The predicted molar refractivity (Wildman–Crippen MR) is 67.7 cm³/mol. The van der Waals surface area contributed by atoms with Gasteiger partial charge in [-0.1, -0.05) is 0 Å². The molecule has 2 aliphatic heterocycles. The number of nitrogens with zero attached hydrogens (tertiary/aromatic N) is 2. The molecule has 0 bridgehead atoms. The van der Waals surface area contributed by atoms with Crippen molar-refractivity contribution < 1.29 is 13.2 Å². The van der Waals surface area contributed by atoms with E-state index in [4.69, 9.17) is 0 Å². The Kier molecular flexibility index (Phi) is 4.21. The van der Waals surface area contributed by atoms with Gasteiger partial charge in [-0.3, -0.25) is 4.79 Å². The van der Waals surface area contributed by atoms with Gasteiger partial charge in [0.05, 0.1) is 12.3 Å². The number of carbonyl (C=O) groups is 1. The molecule has 0 saturated carbocycles. The largest absolute Gasteiger partial charge is 0.339 e. The molecule has 0 radical (unpaired) electrons. The fourth-order valence-corrected chi connectivity index (χ4v) is 3.12. The quantitative estimate of drug-likeness (QED) is 0.590. The molecule has 0 aromatic rings. The van der Waals surface area contributed by atoms with Crippen LogP contribution in [-0.4, -0.2) is 81.6 Å². The van der Waals surface area contributed by atoms with Crippen molar-refractivity contribution in [1.82, 2.24) is 19.8 Å². The zero-order chi connectivity index (χ0) is 13.2. The van der Waals surface area contributed by atoms with Crippen LogP contribution in [0.4, 0.5) is 0 Å². The van der Waals surface area contributed by atoms with Gasteiger partial charge >= 0.3 is 0 Å². The molecular weight excluding hydrogens is 256 g/mol. The van der Waals surface area contributed by atoms with Gasteiger partial charge < -0.3 is 15.5 Å². The summed E-state index contributed by atoms with van der Waals surface area (Å²) in [5, 5.41) is 6.34. The Morgan fingerprint density at radius 2 is 1.83 bits per heavy atom. The summed E-state index contributed by atoms with van der Waals surface area (Å²) in [4.78, 5) is 13.9. The highest BCUT2D eigenvalue weighted by Crippen LogP contribution is 2.07. The second kappa shape index (κ2) is 5.52. The van der Waals surface area contributed by atoms with E-state index in [9.17, 15) is 13.2 Å². The SMILES string of the molecule is CS(=O)(=O)N1CCN(C(=O)C2CNCCN2)CC1. The van der Waals surface area contributed by atoms with Crippen LogP contribution in [0.1, 0.15) is 0 Å². The summed E-state index contributed by atoms with van der Waals surface area (Å²) >= 11 is 0. The first-order valence-corrected chi connectivity index (χ1v) is 8.01. The van der Waals surface area contributed by atoms with Crippen LogP contribution >= 0.6 is 0 Å². The van der Waals surface area contributed by atoms with Crippen molar-refractivity contribution in [1.29, 1.82) is 0 Å². The standard InChI is InChI=1S/C10H20N4O3S/c1-18(16,17)14-6-4-13(5-7-14)10(15)9-8-11-2-3-12-9/h9,11-12H,2-8H2,1H3. The lowest BCUT2D eigenvalue weighted by atomic mass is 10.2. The molecule has 0 aromatic carbocycles. The molecule has 2 saturated heterocycles. The number of carbonyl (C=O) groups excluding carboxylic acids is 1. The van der Waals surface area contributed by atoms with Gasteiger partial charge in [0.25, 0.3) is 0 Å². The minimum atomic E-state index is -3.13. The molecule has 104 valence electrons. The highest BCUT2D eigenvalue weighted by atomic mass is 32.2. The van der Waals surface area contributed by atoms with Crippen LogP contribution in [0.25, 0.3) is 0 Å². The second-order valence-electron chi connectivity index (χ2n) is 4.70. The van der Waals surface area contributed by atoms with Gasteiger partial charge in [0.2, 0.25) is 15.9 Å². The molecule has 2 rings (SSSR count). The zero-order valence-electron chi connectivity index (χ0n) is 10.6.